The van der Waals surface area contributed by atoms with Gasteiger partial charge in [-0.3, -0.25) is 13.9 Å². The van der Waals surface area contributed by atoms with E-state index in [1.807, 2.05) is 75.4 Å². The van der Waals surface area contributed by atoms with Crippen molar-refractivity contribution in [2.24, 2.45) is 0 Å². The van der Waals surface area contributed by atoms with Crippen molar-refractivity contribution >= 4 is 50.7 Å². The van der Waals surface area contributed by atoms with E-state index < -0.39 is 28.5 Å². The molecule has 4 rings (SSSR count). The van der Waals surface area contributed by atoms with E-state index in [-0.39, 0.29) is 39.5 Å². The molecule has 10 heteroatoms. The highest BCUT2D eigenvalue weighted by molar-refractivity contribution is 7.92. The number of hydrogen-bond acceptors (Lipinski definition) is 4. The highest BCUT2D eigenvalue weighted by atomic mass is 35.5. The third kappa shape index (κ3) is 8.20. The van der Waals surface area contributed by atoms with E-state index in [0.717, 1.165) is 26.6 Å². The number of amides is 2. The van der Waals surface area contributed by atoms with Crippen LogP contribution in [-0.2, 0) is 32.6 Å². The molecule has 4 aromatic carbocycles. The number of nitrogens with one attached hydrogen (secondary N) is 1. The lowest BCUT2D eigenvalue weighted by Crippen LogP contribution is -2.53. The van der Waals surface area contributed by atoms with E-state index >= 15 is 0 Å². The smallest absolute Gasteiger partial charge is 0.264 e. The van der Waals surface area contributed by atoms with Crippen molar-refractivity contribution in [2.75, 3.05) is 17.4 Å². The van der Waals surface area contributed by atoms with Crippen molar-refractivity contribution in [1.82, 2.24) is 10.2 Å². The van der Waals surface area contributed by atoms with Gasteiger partial charge in [0.1, 0.15) is 12.6 Å². The van der Waals surface area contributed by atoms with Crippen molar-refractivity contribution in [3.63, 3.8) is 0 Å². The summed E-state index contributed by atoms with van der Waals surface area (Å²) in [6.45, 7) is 5.51. The molecule has 0 saturated heterocycles. The van der Waals surface area contributed by atoms with Crippen LogP contribution >= 0.6 is 23.2 Å². The summed E-state index contributed by atoms with van der Waals surface area (Å²) in [4.78, 5) is 29.4. The van der Waals surface area contributed by atoms with Crippen molar-refractivity contribution in [3.8, 4) is 0 Å². The average Bonchev–Trinajstić information content (AvgIpc) is 3.00. The van der Waals surface area contributed by atoms with E-state index in [1.54, 1.807) is 12.1 Å². The van der Waals surface area contributed by atoms with Gasteiger partial charge in [0.2, 0.25) is 11.8 Å². The van der Waals surface area contributed by atoms with Crippen LogP contribution in [0.25, 0.3) is 0 Å². The first kappa shape index (κ1) is 33.1. The van der Waals surface area contributed by atoms with Crippen LogP contribution in [0.1, 0.15) is 29.2 Å². The molecule has 0 aliphatic rings. The van der Waals surface area contributed by atoms with Crippen LogP contribution in [0.4, 0.5) is 5.69 Å². The van der Waals surface area contributed by atoms with Crippen molar-refractivity contribution in [2.45, 2.75) is 44.7 Å². The Balaban J connectivity index is 1.81. The predicted octanol–water partition coefficient (Wildman–Crippen LogP) is 6.58. The maximum Gasteiger partial charge on any atom is 0.264 e. The number of rotatable bonds is 12. The Morgan fingerprint density at radius 1 is 0.795 bits per heavy atom. The lowest BCUT2D eigenvalue weighted by Gasteiger charge is -2.34. The Kier molecular flexibility index (Phi) is 11.1. The first-order valence-corrected chi connectivity index (χ1v) is 16.4. The molecule has 0 bridgehead atoms. The normalized spacial score (nSPS) is 11.9. The molecule has 230 valence electrons. The van der Waals surface area contributed by atoms with Gasteiger partial charge < -0.3 is 10.2 Å². The monoisotopic (exact) mass is 651 g/mol. The van der Waals surface area contributed by atoms with Gasteiger partial charge >= 0.3 is 0 Å². The Bertz CT molecular complexity index is 1700. The minimum atomic E-state index is -4.24. The quantitative estimate of drug-likeness (QED) is 0.187. The molecule has 1 atom stereocenters. The fraction of sp³-hybridized carbons (Fsp3) is 0.235. The second-order valence-corrected chi connectivity index (χ2v) is 13.2. The predicted molar refractivity (Wildman–Crippen MR) is 177 cm³/mol. The van der Waals surface area contributed by atoms with Crippen molar-refractivity contribution < 1.29 is 18.0 Å². The Labute approximate surface area is 269 Å². The fourth-order valence-corrected chi connectivity index (χ4v) is 6.44. The number of aryl methyl sites for hydroxylation is 2. The second kappa shape index (κ2) is 14.8. The molecule has 7 nitrogen and oxygen atoms in total. The van der Waals surface area contributed by atoms with E-state index in [1.165, 1.54) is 35.2 Å². The molecule has 0 spiro atoms. The van der Waals surface area contributed by atoms with E-state index in [2.05, 4.69) is 5.32 Å². The van der Waals surface area contributed by atoms with Gasteiger partial charge in [0, 0.05) is 19.5 Å². The number of anilines is 1. The third-order valence-corrected chi connectivity index (χ3v) is 9.70. The van der Waals surface area contributed by atoms with Gasteiger partial charge in [-0.2, -0.15) is 0 Å². The fourth-order valence-electron chi connectivity index (χ4n) is 4.74. The zero-order valence-corrected chi connectivity index (χ0v) is 27.2. The van der Waals surface area contributed by atoms with Crippen molar-refractivity contribution in [3.05, 3.63) is 129 Å². The summed E-state index contributed by atoms with van der Waals surface area (Å²) in [7, 11) is -4.24. The summed E-state index contributed by atoms with van der Waals surface area (Å²) in [5.41, 5.74) is 3.76. The molecule has 0 fully saturated rings. The maximum atomic E-state index is 14.4. The largest absolute Gasteiger partial charge is 0.355 e. The summed E-state index contributed by atoms with van der Waals surface area (Å²) in [5, 5.41) is 3.24. The lowest BCUT2D eigenvalue weighted by atomic mass is 10.0. The van der Waals surface area contributed by atoms with Crippen LogP contribution in [0.15, 0.2) is 102 Å². The van der Waals surface area contributed by atoms with Gasteiger partial charge in [0.25, 0.3) is 10.0 Å². The van der Waals surface area contributed by atoms with Crippen LogP contribution in [0.2, 0.25) is 10.0 Å². The number of carbonyl (C=O) groups excluding carboxylic acids is 2. The number of sulfonamides is 1. The number of carbonyl (C=O) groups is 2. The molecule has 0 aliphatic heterocycles. The summed E-state index contributed by atoms with van der Waals surface area (Å²) in [6.07, 6.45) is 0.238. The molecule has 0 aromatic heterocycles. The van der Waals surface area contributed by atoms with Gasteiger partial charge in [-0.05, 0) is 62.2 Å². The minimum absolute atomic E-state index is 0.0108. The zero-order chi connectivity index (χ0) is 31.9. The molecule has 2 amide bonds. The third-order valence-electron chi connectivity index (χ3n) is 7.17. The second-order valence-electron chi connectivity index (χ2n) is 10.5. The van der Waals surface area contributed by atoms with Gasteiger partial charge in [0.05, 0.1) is 20.6 Å². The number of nitrogens with zero attached hydrogens (tertiary/aromatic N) is 2. The van der Waals surface area contributed by atoms with E-state index in [0.29, 0.717) is 6.54 Å². The molecule has 0 radical (unpaired) electrons. The van der Waals surface area contributed by atoms with Crippen LogP contribution in [0, 0.1) is 13.8 Å². The molecule has 0 saturated carbocycles. The first-order chi connectivity index (χ1) is 21.0. The summed E-state index contributed by atoms with van der Waals surface area (Å²) in [5.74, 6) is -0.890. The zero-order valence-electron chi connectivity index (χ0n) is 24.8. The van der Waals surface area contributed by atoms with E-state index in [9.17, 15) is 18.0 Å². The van der Waals surface area contributed by atoms with Gasteiger partial charge in [-0.15, -0.1) is 0 Å². The molecular weight excluding hydrogens is 617 g/mol. The molecular formula is C34H35Cl2N3O4S. The summed E-state index contributed by atoms with van der Waals surface area (Å²) >= 11 is 12.5. The summed E-state index contributed by atoms with van der Waals surface area (Å²) in [6, 6.07) is 26.9. The Hall–Kier alpha value is -3.85. The Morgan fingerprint density at radius 3 is 2.00 bits per heavy atom. The molecule has 0 heterocycles. The van der Waals surface area contributed by atoms with E-state index in [4.69, 9.17) is 23.2 Å². The molecule has 0 aliphatic carbocycles. The summed E-state index contributed by atoms with van der Waals surface area (Å²) < 4.78 is 29.2. The topological polar surface area (TPSA) is 86.8 Å². The molecule has 1 N–H and O–H groups in total. The van der Waals surface area contributed by atoms with Gasteiger partial charge in [-0.25, -0.2) is 8.42 Å². The standard InChI is InChI=1S/C34H35Cl2N3O4S/c1-4-37-34(41)32(20-26-8-6-5-7-9-26)38(22-27-14-10-24(2)11-15-27)33(40)23-39(28-16-19-30(35)31(36)21-28)44(42,43)29-17-12-25(3)13-18-29/h5-19,21,32H,4,20,22-23H2,1-3H3,(H,37,41)/t32-/m1/s1. The van der Waals surface area contributed by atoms with Crippen LogP contribution < -0.4 is 9.62 Å². The molecule has 4 aromatic rings. The number of benzene rings is 4. The van der Waals surface area contributed by atoms with Crippen LogP contribution in [0.5, 0.6) is 0 Å². The van der Waals surface area contributed by atoms with Crippen LogP contribution in [-0.4, -0.2) is 44.3 Å². The Morgan fingerprint density at radius 2 is 1.41 bits per heavy atom. The highest BCUT2D eigenvalue weighted by Crippen LogP contribution is 2.31. The first-order valence-electron chi connectivity index (χ1n) is 14.2. The van der Waals surface area contributed by atoms with Crippen molar-refractivity contribution in [1.29, 1.82) is 0 Å². The maximum absolute atomic E-state index is 14.4. The molecule has 44 heavy (non-hydrogen) atoms. The van der Waals surface area contributed by atoms with Crippen LogP contribution in [0.3, 0.4) is 0 Å². The molecule has 0 unspecified atom stereocenters. The highest BCUT2D eigenvalue weighted by Gasteiger charge is 2.34. The number of likely N-dealkylation sites (N-methyl/N-ethyl adjacent to an activating group) is 1. The van der Waals surface area contributed by atoms with Gasteiger partial charge in [0.15, 0.2) is 0 Å². The number of halogens is 2. The van der Waals surface area contributed by atoms with Gasteiger partial charge in [-0.1, -0.05) is 101 Å². The average molecular weight is 653 g/mol. The SMILES string of the molecule is CCNC(=O)[C@@H](Cc1ccccc1)N(Cc1ccc(C)cc1)C(=O)CN(c1ccc(Cl)c(Cl)c1)S(=O)(=O)c1ccc(C)cc1. The lowest BCUT2D eigenvalue weighted by molar-refractivity contribution is -0.140. The number of hydrogen-bond donors (Lipinski definition) is 1. The minimum Gasteiger partial charge on any atom is -0.355 e.